The normalized spacial score (nSPS) is 18.8. The van der Waals surface area contributed by atoms with Crippen molar-refractivity contribution in [1.82, 2.24) is 9.80 Å². The van der Waals surface area contributed by atoms with E-state index in [1.807, 2.05) is 18.2 Å². The molecule has 2 aliphatic heterocycles. The molecule has 5 nitrogen and oxygen atoms in total. The second kappa shape index (κ2) is 8.19. The van der Waals surface area contributed by atoms with Gasteiger partial charge in [0, 0.05) is 36.3 Å². The van der Waals surface area contributed by atoms with Gasteiger partial charge in [-0.1, -0.05) is 59.6 Å². The van der Waals surface area contributed by atoms with Crippen LogP contribution in [0.25, 0.3) is 5.57 Å². The lowest BCUT2D eigenvalue weighted by atomic mass is 10.0. The molecule has 0 aliphatic carbocycles. The number of halogens is 2. The standard InChI is InChI=1S/C22H20Cl2N2O3/c23-15-6-7-17(18(24)12-15)19-20(27)22(29)26(21(19)28)16-8-10-25(11-9-16)13-14-4-2-1-3-5-14/h1-7,12,16,27H,8-11,13H2. The second-order valence-corrected chi connectivity index (χ2v) is 8.16. The number of piperidine rings is 1. The van der Waals surface area contributed by atoms with Crippen LogP contribution in [0, 0.1) is 0 Å². The van der Waals surface area contributed by atoms with Gasteiger partial charge in [0.1, 0.15) is 0 Å². The summed E-state index contributed by atoms with van der Waals surface area (Å²) >= 11 is 12.1. The van der Waals surface area contributed by atoms with Crippen molar-refractivity contribution in [2.75, 3.05) is 13.1 Å². The molecule has 2 aromatic carbocycles. The maximum Gasteiger partial charge on any atom is 0.296 e. The number of amides is 2. The summed E-state index contributed by atoms with van der Waals surface area (Å²) in [5.41, 5.74) is 1.50. The van der Waals surface area contributed by atoms with Gasteiger partial charge < -0.3 is 5.11 Å². The van der Waals surface area contributed by atoms with Crippen molar-refractivity contribution < 1.29 is 14.7 Å². The molecule has 7 heteroatoms. The second-order valence-electron chi connectivity index (χ2n) is 7.32. The predicted molar refractivity (Wildman–Crippen MR) is 113 cm³/mol. The molecule has 0 bridgehead atoms. The van der Waals surface area contributed by atoms with E-state index in [2.05, 4.69) is 17.0 Å². The SMILES string of the molecule is O=C1C(O)=C(c2ccc(Cl)cc2Cl)C(=O)N1C1CCN(Cc2ccccc2)CC1. The fourth-order valence-electron chi connectivity index (χ4n) is 3.98. The lowest BCUT2D eigenvalue weighted by Gasteiger charge is -2.35. The smallest absolute Gasteiger partial charge is 0.296 e. The third-order valence-electron chi connectivity index (χ3n) is 5.46. The number of hydrogen-bond acceptors (Lipinski definition) is 4. The van der Waals surface area contributed by atoms with E-state index < -0.39 is 17.6 Å². The number of carbonyl (C=O) groups is 2. The highest BCUT2D eigenvalue weighted by Crippen LogP contribution is 2.36. The zero-order valence-corrected chi connectivity index (χ0v) is 17.2. The zero-order valence-electron chi connectivity index (χ0n) is 15.6. The highest BCUT2D eigenvalue weighted by atomic mass is 35.5. The van der Waals surface area contributed by atoms with Crippen LogP contribution in [0.2, 0.25) is 10.0 Å². The number of rotatable bonds is 4. The molecule has 1 fully saturated rings. The summed E-state index contributed by atoms with van der Waals surface area (Å²) in [7, 11) is 0. The van der Waals surface area contributed by atoms with Crippen LogP contribution in [0.15, 0.2) is 54.3 Å². The van der Waals surface area contributed by atoms with Gasteiger partial charge in [0.15, 0.2) is 5.76 Å². The van der Waals surface area contributed by atoms with Crippen LogP contribution < -0.4 is 0 Å². The quantitative estimate of drug-likeness (QED) is 0.734. The van der Waals surface area contributed by atoms with Crippen LogP contribution in [-0.2, 0) is 16.1 Å². The Kier molecular flexibility index (Phi) is 5.63. The summed E-state index contributed by atoms with van der Waals surface area (Å²) in [6.45, 7) is 2.38. The van der Waals surface area contributed by atoms with Crippen molar-refractivity contribution in [3.63, 3.8) is 0 Å². The third-order valence-corrected chi connectivity index (χ3v) is 6.01. The Morgan fingerprint density at radius 1 is 0.966 bits per heavy atom. The fraction of sp³-hybridized carbons (Fsp3) is 0.273. The summed E-state index contributed by atoms with van der Waals surface area (Å²) in [5.74, 6) is -1.71. The Balaban J connectivity index is 1.47. The Morgan fingerprint density at radius 3 is 2.31 bits per heavy atom. The average Bonchev–Trinajstić information content (AvgIpc) is 2.93. The lowest BCUT2D eigenvalue weighted by Crippen LogP contribution is -2.47. The monoisotopic (exact) mass is 430 g/mol. The number of benzene rings is 2. The van der Waals surface area contributed by atoms with E-state index in [4.69, 9.17) is 23.2 Å². The van der Waals surface area contributed by atoms with E-state index in [1.54, 1.807) is 12.1 Å². The Bertz CT molecular complexity index is 983. The largest absolute Gasteiger partial charge is 0.502 e. The van der Waals surface area contributed by atoms with Crippen molar-refractivity contribution >= 4 is 40.6 Å². The van der Waals surface area contributed by atoms with Crippen LogP contribution in [-0.4, -0.2) is 45.9 Å². The van der Waals surface area contributed by atoms with Crippen LogP contribution in [0.4, 0.5) is 0 Å². The summed E-state index contributed by atoms with van der Waals surface area (Å²) in [6, 6.07) is 14.6. The van der Waals surface area contributed by atoms with E-state index in [1.165, 1.54) is 16.5 Å². The summed E-state index contributed by atoms with van der Waals surface area (Å²) in [6.07, 6.45) is 1.33. The zero-order chi connectivity index (χ0) is 20.5. The third kappa shape index (κ3) is 3.90. The molecule has 0 spiro atoms. The van der Waals surface area contributed by atoms with Crippen LogP contribution >= 0.6 is 23.2 Å². The lowest BCUT2D eigenvalue weighted by molar-refractivity contribution is -0.141. The Hall–Kier alpha value is -2.34. The molecule has 0 saturated carbocycles. The molecule has 0 radical (unpaired) electrons. The van der Waals surface area contributed by atoms with Gasteiger partial charge in [0.25, 0.3) is 11.8 Å². The maximum atomic E-state index is 13.0. The minimum absolute atomic E-state index is 0.0524. The summed E-state index contributed by atoms with van der Waals surface area (Å²) < 4.78 is 0. The first-order chi connectivity index (χ1) is 14.0. The van der Waals surface area contributed by atoms with Crippen molar-refractivity contribution in [1.29, 1.82) is 0 Å². The number of hydrogen-bond donors (Lipinski definition) is 1. The molecule has 2 aliphatic rings. The topological polar surface area (TPSA) is 60.9 Å². The summed E-state index contributed by atoms with van der Waals surface area (Å²) in [4.78, 5) is 29.2. The molecular weight excluding hydrogens is 411 g/mol. The highest BCUT2D eigenvalue weighted by Gasteiger charge is 2.44. The van der Waals surface area contributed by atoms with Crippen LogP contribution in [0.3, 0.4) is 0 Å². The minimum Gasteiger partial charge on any atom is -0.502 e. The van der Waals surface area contributed by atoms with Crippen LogP contribution in [0.5, 0.6) is 0 Å². The number of nitrogens with zero attached hydrogens (tertiary/aromatic N) is 2. The maximum absolute atomic E-state index is 13.0. The summed E-state index contributed by atoms with van der Waals surface area (Å²) in [5, 5.41) is 11.0. The van der Waals surface area contributed by atoms with Gasteiger partial charge in [-0.3, -0.25) is 19.4 Å². The van der Waals surface area contributed by atoms with E-state index in [0.717, 1.165) is 19.6 Å². The van der Waals surface area contributed by atoms with Gasteiger partial charge in [0.05, 0.1) is 10.6 Å². The average molecular weight is 431 g/mol. The molecular formula is C22H20Cl2N2O3. The molecule has 29 heavy (non-hydrogen) atoms. The van der Waals surface area contributed by atoms with Crippen molar-refractivity contribution in [3.05, 3.63) is 75.5 Å². The first-order valence-electron chi connectivity index (χ1n) is 9.48. The van der Waals surface area contributed by atoms with Crippen molar-refractivity contribution in [3.8, 4) is 0 Å². The molecule has 0 unspecified atom stereocenters. The molecule has 0 aromatic heterocycles. The molecule has 1 N–H and O–H groups in total. The molecule has 0 atom stereocenters. The fourth-order valence-corrected chi connectivity index (χ4v) is 4.48. The van der Waals surface area contributed by atoms with E-state index in [9.17, 15) is 14.7 Å². The highest BCUT2D eigenvalue weighted by molar-refractivity contribution is 6.41. The number of aliphatic hydroxyl groups is 1. The molecule has 4 rings (SSSR count). The predicted octanol–water partition coefficient (Wildman–Crippen LogP) is 4.30. The van der Waals surface area contributed by atoms with Gasteiger partial charge >= 0.3 is 0 Å². The Labute approximate surface area is 179 Å². The van der Waals surface area contributed by atoms with Gasteiger partial charge in [-0.05, 0) is 30.5 Å². The number of carbonyl (C=O) groups excluding carboxylic acids is 2. The van der Waals surface area contributed by atoms with Gasteiger partial charge in [-0.15, -0.1) is 0 Å². The van der Waals surface area contributed by atoms with Crippen molar-refractivity contribution in [2.45, 2.75) is 25.4 Å². The van der Waals surface area contributed by atoms with Gasteiger partial charge in [-0.2, -0.15) is 0 Å². The van der Waals surface area contributed by atoms with Gasteiger partial charge in [0.2, 0.25) is 0 Å². The Morgan fingerprint density at radius 2 is 1.66 bits per heavy atom. The molecule has 150 valence electrons. The van der Waals surface area contributed by atoms with E-state index in [-0.39, 0.29) is 16.6 Å². The first kappa shape index (κ1) is 20.0. The van der Waals surface area contributed by atoms with E-state index in [0.29, 0.717) is 23.4 Å². The van der Waals surface area contributed by atoms with Crippen molar-refractivity contribution in [2.24, 2.45) is 0 Å². The molecule has 2 amide bonds. The minimum atomic E-state index is -0.655. The first-order valence-corrected chi connectivity index (χ1v) is 10.2. The molecule has 1 saturated heterocycles. The number of aliphatic hydroxyl groups excluding tert-OH is 1. The van der Waals surface area contributed by atoms with Crippen LogP contribution in [0.1, 0.15) is 24.0 Å². The molecule has 2 aromatic rings. The van der Waals surface area contributed by atoms with E-state index >= 15 is 0 Å². The number of likely N-dealkylation sites (tertiary alicyclic amines) is 1. The molecule has 2 heterocycles. The number of imide groups is 1. The van der Waals surface area contributed by atoms with Gasteiger partial charge in [-0.25, -0.2) is 0 Å².